The summed E-state index contributed by atoms with van der Waals surface area (Å²) >= 11 is 0. The summed E-state index contributed by atoms with van der Waals surface area (Å²) in [5, 5.41) is 9.47. The molecule has 1 aliphatic heterocycles. The fourth-order valence-electron chi connectivity index (χ4n) is 6.05. The van der Waals surface area contributed by atoms with E-state index in [-0.39, 0.29) is 17.4 Å². The van der Waals surface area contributed by atoms with Gasteiger partial charge in [-0.1, -0.05) is 63.2 Å². The van der Waals surface area contributed by atoms with Crippen molar-refractivity contribution in [3.05, 3.63) is 65.7 Å². The van der Waals surface area contributed by atoms with Crippen LogP contribution in [-0.2, 0) is 21.9 Å². The molecular weight excluding hydrogens is 430 g/mol. The van der Waals surface area contributed by atoms with Crippen molar-refractivity contribution in [3.8, 4) is 0 Å². The molecule has 2 fully saturated rings. The Bertz CT molecular complexity index is 1030. The molecule has 2 aromatic carbocycles. The van der Waals surface area contributed by atoms with Crippen LogP contribution in [0.3, 0.4) is 0 Å². The van der Waals surface area contributed by atoms with Crippen molar-refractivity contribution in [3.63, 3.8) is 0 Å². The Labute approximate surface area is 200 Å². The van der Waals surface area contributed by atoms with Gasteiger partial charge in [0.25, 0.3) is 0 Å². The van der Waals surface area contributed by atoms with E-state index in [9.17, 15) is 13.5 Å². The number of fused-ring (bicyclic) bond motifs is 1. The molecule has 1 saturated heterocycles. The van der Waals surface area contributed by atoms with Gasteiger partial charge < -0.3 is 5.11 Å². The van der Waals surface area contributed by atoms with Crippen molar-refractivity contribution in [2.45, 2.75) is 69.6 Å². The SMILES string of the molecule is CC(C)(C)c1ccc(S(=O)(=O)N2CC[C@H]3C[C@H](CCO)CC[C@]3(Cc3ccccc3)C2)cc1. The maximum atomic E-state index is 13.7. The lowest BCUT2D eigenvalue weighted by atomic mass is 9.58. The van der Waals surface area contributed by atoms with Crippen LogP contribution in [-0.4, -0.2) is 37.5 Å². The molecule has 4 rings (SSSR count). The molecule has 2 aliphatic rings. The molecule has 1 heterocycles. The fourth-order valence-corrected chi connectivity index (χ4v) is 7.60. The number of hydrogen-bond donors (Lipinski definition) is 1. The largest absolute Gasteiger partial charge is 0.396 e. The van der Waals surface area contributed by atoms with E-state index in [2.05, 4.69) is 45.0 Å². The second-order valence-corrected chi connectivity index (χ2v) is 13.2. The minimum Gasteiger partial charge on any atom is -0.396 e. The quantitative estimate of drug-likeness (QED) is 0.616. The van der Waals surface area contributed by atoms with Crippen LogP contribution in [0.4, 0.5) is 0 Å². The van der Waals surface area contributed by atoms with Crippen LogP contribution >= 0.6 is 0 Å². The Hall–Kier alpha value is -1.69. The molecule has 3 atom stereocenters. The number of aliphatic hydroxyl groups is 1. The van der Waals surface area contributed by atoms with Gasteiger partial charge in [-0.25, -0.2) is 8.42 Å². The molecule has 33 heavy (non-hydrogen) atoms. The minimum absolute atomic E-state index is 0.00636. The Kier molecular flexibility index (Phi) is 7.05. The van der Waals surface area contributed by atoms with Crippen LogP contribution in [0.1, 0.15) is 64.0 Å². The Balaban J connectivity index is 1.61. The van der Waals surface area contributed by atoms with E-state index >= 15 is 0 Å². The smallest absolute Gasteiger partial charge is 0.243 e. The second kappa shape index (κ2) is 9.52. The maximum absolute atomic E-state index is 13.7. The third kappa shape index (κ3) is 5.21. The molecule has 1 aliphatic carbocycles. The van der Waals surface area contributed by atoms with Gasteiger partial charge in [-0.05, 0) is 84.5 Å². The highest BCUT2D eigenvalue weighted by Crippen LogP contribution is 2.51. The van der Waals surface area contributed by atoms with Gasteiger partial charge in [-0.3, -0.25) is 0 Å². The van der Waals surface area contributed by atoms with E-state index in [0.29, 0.717) is 29.8 Å². The average Bonchev–Trinajstić information content (AvgIpc) is 2.79. The zero-order valence-electron chi connectivity index (χ0n) is 20.3. The van der Waals surface area contributed by atoms with Gasteiger partial charge >= 0.3 is 0 Å². The summed E-state index contributed by atoms with van der Waals surface area (Å²) in [6.07, 6.45) is 5.86. The molecule has 0 bridgehead atoms. The molecule has 2 aromatic rings. The predicted octanol–water partition coefficient (Wildman–Crippen LogP) is 5.41. The van der Waals surface area contributed by atoms with Gasteiger partial charge in [0, 0.05) is 19.7 Å². The number of hydrogen-bond acceptors (Lipinski definition) is 3. The summed E-state index contributed by atoms with van der Waals surface area (Å²) in [5.41, 5.74) is 2.39. The van der Waals surface area contributed by atoms with E-state index in [1.807, 2.05) is 18.2 Å². The third-order valence-electron chi connectivity index (χ3n) is 8.05. The summed E-state index contributed by atoms with van der Waals surface area (Å²) in [5.74, 6) is 1.05. The third-order valence-corrected chi connectivity index (χ3v) is 9.91. The van der Waals surface area contributed by atoms with Gasteiger partial charge in [0.2, 0.25) is 10.0 Å². The molecule has 4 nitrogen and oxygen atoms in total. The predicted molar refractivity (Wildman–Crippen MR) is 134 cm³/mol. The van der Waals surface area contributed by atoms with Crippen molar-refractivity contribution in [1.82, 2.24) is 4.31 Å². The Morgan fingerprint density at radius 2 is 1.73 bits per heavy atom. The van der Waals surface area contributed by atoms with Crippen LogP contribution in [0, 0.1) is 17.3 Å². The normalized spacial score (nSPS) is 26.7. The average molecular weight is 470 g/mol. The number of rotatable bonds is 6. The molecule has 0 unspecified atom stereocenters. The van der Waals surface area contributed by atoms with Crippen molar-refractivity contribution in [1.29, 1.82) is 0 Å². The zero-order chi connectivity index (χ0) is 23.7. The highest BCUT2D eigenvalue weighted by molar-refractivity contribution is 7.89. The lowest BCUT2D eigenvalue weighted by molar-refractivity contribution is -0.000205. The summed E-state index contributed by atoms with van der Waals surface area (Å²) < 4.78 is 29.1. The van der Waals surface area contributed by atoms with Crippen LogP contribution < -0.4 is 0 Å². The molecule has 1 saturated carbocycles. The molecule has 1 N–H and O–H groups in total. The van der Waals surface area contributed by atoms with E-state index in [1.54, 1.807) is 16.4 Å². The molecule has 0 amide bonds. The van der Waals surface area contributed by atoms with Gasteiger partial charge in [0.1, 0.15) is 0 Å². The first kappa shape index (κ1) is 24.4. The lowest BCUT2D eigenvalue weighted by Crippen LogP contribution is -2.54. The van der Waals surface area contributed by atoms with E-state index in [4.69, 9.17) is 0 Å². The molecule has 180 valence electrons. The number of aliphatic hydroxyl groups excluding tert-OH is 1. The summed E-state index contributed by atoms with van der Waals surface area (Å²) in [6, 6.07) is 18.0. The van der Waals surface area contributed by atoms with Crippen molar-refractivity contribution in [2.24, 2.45) is 17.3 Å². The lowest BCUT2D eigenvalue weighted by Gasteiger charge is -2.52. The second-order valence-electron chi connectivity index (χ2n) is 11.3. The van der Waals surface area contributed by atoms with Crippen molar-refractivity contribution >= 4 is 10.0 Å². The molecule has 5 heteroatoms. The zero-order valence-corrected chi connectivity index (χ0v) is 21.2. The van der Waals surface area contributed by atoms with Crippen LogP contribution in [0.5, 0.6) is 0 Å². The first-order chi connectivity index (χ1) is 15.6. The monoisotopic (exact) mass is 469 g/mol. The van der Waals surface area contributed by atoms with Crippen molar-refractivity contribution in [2.75, 3.05) is 19.7 Å². The molecule has 0 aromatic heterocycles. The first-order valence-corrected chi connectivity index (χ1v) is 13.8. The minimum atomic E-state index is -3.54. The number of nitrogens with zero attached hydrogens (tertiary/aromatic N) is 1. The standard InChI is InChI=1S/C28H39NO3S/c1-27(2,3)24-9-11-26(12-10-24)33(31,32)29-17-14-25-19-22(15-18-30)13-16-28(25,21-29)20-23-7-5-4-6-8-23/h4-12,22,25,30H,13-21H2,1-3H3/t22-,25-,28-/m0/s1. The van der Waals surface area contributed by atoms with E-state index < -0.39 is 10.0 Å². The van der Waals surface area contributed by atoms with E-state index in [0.717, 1.165) is 44.1 Å². The summed E-state index contributed by atoms with van der Waals surface area (Å²) in [4.78, 5) is 0.401. The van der Waals surface area contributed by atoms with Crippen LogP contribution in [0.25, 0.3) is 0 Å². The fraction of sp³-hybridized carbons (Fsp3) is 0.571. The molecular formula is C28H39NO3S. The summed E-state index contributed by atoms with van der Waals surface area (Å²) in [7, 11) is -3.54. The van der Waals surface area contributed by atoms with Gasteiger partial charge in [-0.2, -0.15) is 4.31 Å². The molecule has 0 spiro atoms. The highest BCUT2D eigenvalue weighted by Gasteiger charge is 2.49. The van der Waals surface area contributed by atoms with Crippen molar-refractivity contribution < 1.29 is 13.5 Å². The maximum Gasteiger partial charge on any atom is 0.243 e. The van der Waals surface area contributed by atoms with Crippen LogP contribution in [0.15, 0.2) is 59.5 Å². The highest BCUT2D eigenvalue weighted by atomic mass is 32.2. The van der Waals surface area contributed by atoms with E-state index in [1.165, 1.54) is 5.56 Å². The number of sulfonamides is 1. The Morgan fingerprint density at radius 3 is 2.36 bits per heavy atom. The number of benzene rings is 2. The summed E-state index contributed by atoms with van der Waals surface area (Å²) in [6.45, 7) is 7.83. The Morgan fingerprint density at radius 1 is 1.03 bits per heavy atom. The number of piperidine rings is 1. The van der Waals surface area contributed by atoms with Gasteiger partial charge in [0.15, 0.2) is 0 Å². The van der Waals surface area contributed by atoms with Crippen LogP contribution in [0.2, 0.25) is 0 Å². The van der Waals surface area contributed by atoms with Gasteiger partial charge in [0.05, 0.1) is 4.90 Å². The first-order valence-electron chi connectivity index (χ1n) is 12.4. The molecule has 0 radical (unpaired) electrons. The topological polar surface area (TPSA) is 57.6 Å². The van der Waals surface area contributed by atoms with Gasteiger partial charge in [-0.15, -0.1) is 0 Å².